The van der Waals surface area contributed by atoms with Gasteiger partial charge in [-0.05, 0) is 18.8 Å². The highest BCUT2D eigenvalue weighted by molar-refractivity contribution is 5.77. The van der Waals surface area contributed by atoms with E-state index in [1.807, 2.05) is 13.8 Å². The normalized spacial score (nSPS) is 15.2. The molecule has 0 aliphatic rings. The number of carbonyl (C=O) groups excluding carboxylic acids is 1. The van der Waals surface area contributed by atoms with Crippen LogP contribution in [0.25, 0.3) is 0 Å². The molecule has 0 aromatic rings. The molecule has 1 atom stereocenters. The zero-order valence-electron chi connectivity index (χ0n) is 11.1. The summed E-state index contributed by atoms with van der Waals surface area (Å²) in [5.41, 5.74) is -0.766. The maximum Gasteiger partial charge on any atom is 0.233 e. The number of hydrogen-bond acceptors (Lipinski definition) is 3. The van der Waals surface area contributed by atoms with Gasteiger partial charge in [0, 0.05) is 13.1 Å². The minimum absolute atomic E-state index is 0.0201. The van der Waals surface area contributed by atoms with Gasteiger partial charge in [-0.15, -0.1) is 0 Å². The summed E-state index contributed by atoms with van der Waals surface area (Å²) in [7, 11) is 0. The maximum atomic E-state index is 11.3. The third-order valence-electron chi connectivity index (χ3n) is 2.72. The van der Waals surface area contributed by atoms with Crippen LogP contribution in [0.2, 0.25) is 0 Å². The van der Waals surface area contributed by atoms with Crippen LogP contribution in [0.5, 0.6) is 0 Å². The lowest BCUT2D eigenvalue weighted by molar-refractivity contribution is -0.120. The first-order valence-corrected chi connectivity index (χ1v) is 5.95. The Hall–Kier alpha value is -0.610. The molecule has 3 N–H and O–H groups in total. The third-order valence-corrected chi connectivity index (χ3v) is 2.72. The molecule has 0 radical (unpaired) electrons. The lowest BCUT2D eigenvalue weighted by Gasteiger charge is -2.27. The number of rotatable bonds is 7. The van der Waals surface area contributed by atoms with Crippen LogP contribution >= 0.6 is 0 Å². The number of amides is 1. The summed E-state index contributed by atoms with van der Waals surface area (Å²) < 4.78 is 0. The van der Waals surface area contributed by atoms with Crippen molar-refractivity contribution in [3.63, 3.8) is 0 Å². The number of aliphatic hydroxyl groups is 1. The van der Waals surface area contributed by atoms with Crippen LogP contribution in [-0.4, -0.2) is 36.2 Å². The van der Waals surface area contributed by atoms with E-state index in [9.17, 15) is 9.90 Å². The number of nitrogens with one attached hydrogen (secondary N) is 2. The molecule has 0 bridgehead atoms. The average Bonchev–Trinajstić information content (AvgIpc) is 2.14. The van der Waals surface area contributed by atoms with Crippen LogP contribution in [0.15, 0.2) is 0 Å². The molecule has 0 spiro atoms. The van der Waals surface area contributed by atoms with Gasteiger partial charge in [-0.1, -0.05) is 27.7 Å². The standard InChI is InChI=1S/C12H26N2O2/c1-9(2)6-14-11(15)7-13-8-12(5,16)10(3)4/h9-10,13,16H,6-8H2,1-5H3,(H,14,15). The molecular formula is C12H26N2O2. The van der Waals surface area contributed by atoms with Gasteiger partial charge in [0.1, 0.15) is 0 Å². The van der Waals surface area contributed by atoms with E-state index in [1.54, 1.807) is 6.92 Å². The van der Waals surface area contributed by atoms with E-state index in [0.717, 1.165) is 0 Å². The summed E-state index contributed by atoms with van der Waals surface area (Å²) in [6, 6.07) is 0. The third kappa shape index (κ3) is 6.80. The van der Waals surface area contributed by atoms with Crippen LogP contribution < -0.4 is 10.6 Å². The fraction of sp³-hybridized carbons (Fsp3) is 0.917. The quantitative estimate of drug-likeness (QED) is 0.605. The Balaban J connectivity index is 3.70. The summed E-state index contributed by atoms with van der Waals surface area (Å²) in [5, 5.41) is 15.7. The topological polar surface area (TPSA) is 61.4 Å². The van der Waals surface area contributed by atoms with Gasteiger partial charge in [0.05, 0.1) is 12.1 Å². The van der Waals surface area contributed by atoms with Gasteiger partial charge in [0.25, 0.3) is 0 Å². The van der Waals surface area contributed by atoms with Crippen molar-refractivity contribution >= 4 is 5.91 Å². The Labute approximate surface area is 98.8 Å². The minimum atomic E-state index is -0.766. The zero-order chi connectivity index (χ0) is 12.8. The van der Waals surface area contributed by atoms with E-state index < -0.39 is 5.60 Å². The van der Waals surface area contributed by atoms with Gasteiger partial charge in [-0.25, -0.2) is 0 Å². The second kappa shape index (κ2) is 6.86. The molecule has 96 valence electrons. The molecule has 0 fully saturated rings. The predicted octanol–water partition coefficient (Wildman–Crippen LogP) is 0.755. The number of hydrogen-bond donors (Lipinski definition) is 3. The summed E-state index contributed by atoms with van der Waals surface area (Å²) in [4.78, 5) is 11.3. The Bertz CT molecular complexity index is 213. The van der Waals surface area contributed by atoms with Crippen molar-refractivity contribution in [1.29, 1.82) is 0 Å². The van der Waals surface area contributed by atoms with Gasteiger partial charge in [0.15, 0.2) is 0 Å². The van der Waals surface area contributed by atoms with Crippen LogP contribution in [0, 0.1) is 11.8 Å². The summed E-state index contributed by atoms with van der Waals surface area (Å²) in [6.07, 6.45) is 0. The predicted molar refractivity (Wildman–Crippen MR) is 66.2 cm³/mol. The highest BCUT2D eigenvalue weighted by atomic mass is 16.3. The highest BCUT2D eigenvalue weighted by Crippen LogP contribution is 2.13. The van der Waals surface area contributed by atoms with Gasteiger partial charge < -0.3 is 15.7 Å². The maximum absolute atomic E-state index is 11.3. The van der Waals surface area contributed by atoms with E-state index in [1.165, 1.54) is 0 Å². The second-order valence-electron chi connectivity index (χ2n) is 5.31. The van der Waals surface area contributed by atoms with Crippen LogP contribution in [0.4, 0.5) is 0 Å². The van der Waals surface area contributed by atoms with Crippen LogP contribution in [0.1, 0.15) is 34.6 Å². The zero-order valence-corrected chi connectivity index (χ0v) is 11.1. The molecule has 4 nitrogen and oxygen atoms in total. The molecule has 4 heteroatoms. The summed E-state index contributed by atoms with van der Waals surface area (Å²) in [5.74, 6) is 0.606. The first kappa shape index (κ1) is 15.4. The molecule has 1 unspecified atom stereocenters. The van der Waals surface area contributed by atoms with Gasteiger partial charge in [0.2, 0.25) is 5.91 Å². The van der Waals surface area contributed by atoms with Crippen molar-refractivity contribution in [2.45, 2.75) is 40.2 Å². The molecule has 0 saturated carbocycles. The molecule has 0 aliphatic heterocycles. The van der Waals surface area contributed by atoms with Crippen LogP contribution in [0.3, 0.4) is 0 Å². The van der Waals surface area contributed by atoms with Crippen molar-refractivity contribution < 1.29 is 9.90 Å². The molecule has 0 saturated heterocycles. The molecular weight excluding hydrogens is 204 g/mol. The molecule has 1 amide bonds. The smallest absolute Gasteiger partial charge is 0.233 e. The van der Waals surface area contributed by atoms with E-state index in [0.29, 0.717) is 19.0 Å². The Morgan fingerprint density at radius 2 is 1.88 bits per heavy atom. The lowest BCUT2D eigenvalue weighted by atomic mass is 9.93. The largest absolute Gasteiger partial charge is 0.389 e. The lowest BCUT2D eigenvalue weighted by Crippen LogP contribution is -2.45. The van der Waals surface area contributed by atoms with Crippen molar-refractivity contribution in [2.24, 2.45) is 11.8 Å². The van der Waals surface area contributed by atoms with Gasteiger partial charge >= 0.3 is 0 Å². The first-order chi connectivity index (χ1) is 7.25. The fourth-order valence-electron chi connectivity index (χ4n) is 1.01. The molecule has 0 aromatic heterocycles. The monoisotopic (exact) mass is 230 g/mol. The fourth-order valence-corrected chi connectivity index (χ4v) is 1.01. The Morgan fingerprint density at radius 1 is 1.31 bits per heavy atom. The summed E-state index contributed by atoms with van der Waals surface area (Å²) in [6.45, 7) is 11.2. The summed E-state index contributed by atoms with van der Waals surface area (Å²) >= 11 is 0. The Morgan fingerprint density at radius 3 is 2.31 bits per heavy atom. The van der Waals surface area contributed by atoms with Gasteiger partial charge in [-0.3, -0.25) is 4.79 Å². The molecule has 0 rings (SSSR count). The van der Waals surface area contributed by atoms with E-state index in [2.05, 4.69) is 24.5 Å². The first-order valence-electron chi connectivity index (χ1n) is 5.95. The van der Waals surface area contributed by atoms with Crippen molar-refractivity contribution in [1.82, 2.24) is 10.6 Å². The van der Waals surface area contributed by atoms with Crippen molar-refractivity contribution in [3.05, 3.63) is 0 Å². The second-order valence-corrected chi connectivity index (χ2v) is 5.31. The van der Waals surface area contributed by atoms with E-state index in [4.69, 9.17) is 0 Å². The Kier molecular flexibility index (Phi) is 6.60. The van der Waals surface area contributed by atoms with E-state index >= 15 is 0 Å². The van der Waals surface area contributed by atoms with Crippen molar-refractivity contribution in [2.75, 3.05) is 19.6 Å². The number of carbonyl (C=O) groups is 1. The van der Waals surface area contributed by atoms with Crippen LogP contribution in [-0.2, 0) is 4.79 Å². The van der Waals surface area contributed by atoms with Gasteiger partial charge in [-0.2, -0.15) is 0 Å². The average molecular weight is 230 g/mol. The van der Waals surface area contributed by atoms with E-state index in [-0.39, 0.29) is 18.4 Å². The minimum Gasteiger partial charge on any atom is -0.389 e. The molecule has 0 aromatic carbocycles. The SMILES string of the molecule is CC(C)CNC(=O)CNCC(C)(O)C(C)C. The molecule has 0 aliphatic carbocycles. The highest BCUT2D eigenvalue weighted by Gasteiger charge is 2.24. The molecule has 16 heavy (non-hydrogen) atoms. The van der Waals surface area contributed by atoms with Crippen molar-refractivity contribution in [3.8, 4) is 0 Å². The molecule has 0 heterocycles.